The second-order valence-corrected chi connectivity index (χ2v) is 4.63. The van der Waals surface area contributed by atoms with Crippen LogP contribution < -0.4 is 5.32 Å². The molecule has 1 saturated heterocycles. The molecule has 1 aliphatic rings. The van der Waals surface area contributed by atoms with Crippen LogP contribution in [-0.4, -0.2) is 24.2 Å². The van der Waals surface area contributed by atoms with Gasteiger partial charge in [0.05, 0.1) is 5.92 Å². The van der Waals surface area contributed by atoms with E-state index in [1.165, 1.54) is 0 Å². The van der Waals surface area contributed by atoms with Gasteiger partial charge in [-0.25, -0.2) is 0 Å². The number of carboxylic acids is 1. The molecule has 0 aromatic heterocycles. The van der Waals surface area contributed by atoms with Gasteiger partial charge in [-0.15, -0.1) is 0 Å². The number of hydrogen-bond acceptors (Lipinski definition) is 2. The van der Waals surface area contributed by atoms with Gasteiger partial charge in [0.1, 0.15) is 0 Å². The summed E-state index contributed by atoms with van der Waals surface area (Å²) in [4.78, 5) is 11.0. The summed E-state index contributed by atoms with van der Waals surface area (Å²) >= 11 is 5.80. The number of carboxylic acid groups (broad SMARTS) is 1. The molecule has 1 fully saturated rings. The van der Waals surface area contributed by atoms with Crippen molar-refractivity contribution in [1.29, 1.82) is 0 Å². The van der Waals surface area contributed by atoms with Crippen molar-refractivity contribution in [2.75, 3.05) is 13.1 Å². The van der Waals surface area contributed by atoms with Gasteiger partial charge >= 0.3 is 5.97 Å². The van der Waals surface area contributed by atoms with Crippen LogP contribution >= 0.6 is 11.6 Å². The number of carbonyl (C=O) groups is 1. The fourth-order valence-corrected chi connectivity index (χ4v) is 2.29. The lowest BCUT2D eigenvalue weighted by atomic mass is 9.90. The Labute approximate surface area is 99.4 Å². The zero-order valence-electron chi connectivity index (χ0n) is 8.82. The smallest absolute Gasteiger partial charge is 0.308 e. The number of hydrogen-bond donors (Lipinski definition) is 2. The highest BCUT2D eigenvalue weighted by Crippen LogP contribution is 2.22. The molecule has 0 radical (unpaired) electrons. The van der Waals surface area contributed by atoms with Crippen LogP contribution in [0, 0.1) is 11.8 Å². The summed E-state index contributed by atoms with van der Waals surface area (Å²) in [6, 6.07) is 7.60. The van der Waals surface area contributed by atoms with Gasteiger partial charge in [0.25, 0.3) is 0 Å². The predicted molar refractivity (Wildman–Crippen MR) is 62.6 cm³/mol. The van der Waals surface area contributed by atoms with Crippen LogP contribution in [0.1, 0.15) is 5.56 Å². The number of benzene rings is 1. The maximum absolute atomic E-state index is 11.0. The zero-order chi connectivity index (χ0) is 11.5. The van der Waals surface area contributed by atoms with Gasteiger partial charge < -0.3 is 10.4 Å². The van der Waals surface area contributed by atoms with Crippen LogP contribution in [0.3, 0.4) is 0 Å². The molecule has 2 atom stereocenters. The van der Waals surface area contributed by atoms with Crippen molar-refractivity contribution < 1.29 is 9.90 Å². The molecular formula is C12H14ClNO2. The first-order valence-electron chi connectivity index (χ1n) is 5.35. The van der Waals surface area contributed by atoms with Crippen LogP contribution in [0.4, 0.5) is 0 Å². The minimum atomic E-state index is -0.705. The summed E-state index contributed by atoms with van der Waals surface area (Å²) in [5.41, 5.74) is 1.14. The van der Waals surface area contributed by atoms with Crippen LogP contribution in [-0.2, 0) is 11.2 Å². The molecule has 16 heavy (non-hydrogen) atoms. The molecule has 0 amide bonds. The molecule has 1 aromatic rings. The van der Waals surface area contributed by atoms with Crippen molar-refractivity contribution in [2.45, 2.75) is 6.42 Å². The molecule has 0 bridgehead atoms. The Morgan fingerprint density at radius 2 is 2.06 bits per heavy atom. The van der Waals surface area contributed by atoms with Crippen molar-refractivity contribution in [1.82, 2.24) is 5.32 Å². The minimum Gasteiger partial charge on any atom is -0.481 e. The molecule has 1 heterocycles. The fourth-order valence-electron chi connectivity index (χ4n) is 2.16. The lowest BCUT2D eigenvalue weighted by Gasteiger charge is -2.14. The van der Waals surface area contributed by atoms with Crippen LogP contribution in [0.25, 0.3) is 0 Å². The summed E-state index contributed by atoms with van der Waals surface area (Å²) in [7, 11) is 0. The van der Waals surface area contributed by atoms with Gasteiger partial charge in [0.15, 0.2) is 0 Å². The van der Waals surface area contributed by atoms with Gasteiger partial charge in [-0.1, -0.05) is 23.7 Å². The van der Waals surface area contributed by atoms with E-state index in [4.69, 9.17) is 16.7 Å². The highest BCUT2D eigenvalue weighted by atomic mass is 35.5. The Morgan fingerprint density at radius 3 is 2.69 bits per heavy atom. The molecule has 4 heteroatoms. The summed E-state index contributed by atoms with van der Waals surface area (Å²) in [5, 5.41) is 12.9. The quantitative estimate of drug-likeness (QED) is 0.846. The largest absolute Gasteiger partial charge is 0.481 e. The maximum Gasteiger partial charge on any atom is 0.308 e. The third-order valence-electron chi connectivity index (χ3n) is 3.07. The van der Waals surface area contributed by atoms with E-state index in [1.807, 2.05) is 24.3 Å². The van der Waals surface area contributed by atoms with Crippen LogP contribution in [0.2, 0.25) is 5.02 Å². The average Bonchev–Trinajstić information content (AvgIpc) is 2.69. The van der Waals surface area contributed by atoms with Crippen LogP contribution in [0.15, 0.2) is 24.3 Å². The second-order valence-electron chi connectivity index (χ2n) is 4.19. The highest BCUT2D eigenvalue weighted by Gasteiger charge is 2.32. The maximum atomic E-state index is 11.0. The third kappa shape index (κ3) is 2.54. The molecule has 2 N–H and O–H groups in total. The Morgan fingerprint density at radius 1 is 1.38 bits per heavy atom. The molecular weight excluding hydrogens is 226 g/mol. The number of rotatable bonds is 3. The first-order chi connectivity index (χ1) is 7.66. The molecule has 86 valence electrons. The monoisotopic (exact) mass is 239 g/mol. The standard InChI is InChI=1S/C12H14ClNO2/c13-10-3-1-8(2-4-10)5-9-6-14-7-11(9)12(15)16/h1-4,9,11,14H,5-7H2,(H,15,16). The average molecular weight is 240 g/mol. The summed E-state index contributed by atoms with van der Waals surface area (Å²) < 4.78 is 0. The third-order valence-corrected chi connectivity index (χ3v) is 3.32. The van der Waals surface area contributed by atoms with E-state index in [9.17, 15) is 4.79 Å². The highest BCUT2D eigenvalue weighted by molar-refractivity contribution is 6.30. The molecule has 0 spiro atoms. The Kier molecular flexibility index (Phi) is 3.46. The number of nitrogens with one attached hydrogen (secondary N) is 1. The molecule has 0 aliphatic carbocycles. The van der Waals surface area contributed by atoms with Crippen molar-refractivity contribution in [2.24, 2.45) is 11.8 Å². The number of aliphatic carboxylic acids is 1. The van der Waals surface area contributed by atoms with Crippen molar-refractivity contribution in [3.05, 3.63) is 34.9 Å². The molecule has 2 unspecified atom stereocenters. The molecule has 0 saturated carbocycles. The molecule has 3 nitrogen and oxygen atoms in total. The topological polar surface area (TPSA) is 49.3 Å². The Balaban J connectivity index is 2.03. The van der Waals surface area contributed by atoms with Gasteiger partial charge in [0.2, 0.25) is 0 Å². The molecule has 1 aromatic carbocycles. The summed E-state index contributed by atoms with van der Waals surface area (Å²) in [6.07, 6.45) is 0.793. The van der Waals surface area contributed by atoms with Crippen molar-refractivity contribution in [3.63, 3.8) is 0 Å². The minimum absolute atomic E-state index is 0.179. The predicted octanol–water partition coefficient (Wildman–Crippen LogP) is 1.80. The van der Waals surface area contributed by atoms with E-state index in [2.05, 4.69) is 5.32 Å². The Bertz CT molecular complexity index is 377. The second kappa shape index (κ2) is 4.85. The van der Waals surface area contributed by atoms with E-state index in [0.717, 1.165) is 18.5 Å². The first kappa shape index (κ1) is 11.4. The zero-order valence-corrected chi connectivity index (χ0v) is 9.57. The lowest BCUT2D eigenvalue weighted by molar-refractivity contribution is -0.142. The van der Waals surface area contributed by atoms with E-state index in [0.29, 0.717) is 11.6 Å². The summed E-state index contributed by atoms with van der Waals surface area (Å²) in [5.74, 6) is -0.793. The first-order valence-corrected chi connectivity index (χ1v) is 5.72. The Hall–Kier alpha value is -1.06. The molecule has 1 aliphatic heterocycles. The SMILES string of the molecule is O=C(O)C1CNCC1Cc1ccc(Cl)cc1. The van der Waals surface area contributed by atoms with E-state index in [-0.39, 0.29) is 11.8 Å². The molecule has 2 rings (SSSR count). The normalized spacial score (nSPS) is 24.6. The van der Waals surface area contributed by atoms with Crippen molar-refractivity contribution >= 4 is 17.6 Å². The summed E-state index contributed by atoms with van der Waals surface area (Å²) in [6.45, 7) is 1.35. The fraction of sp³-hybridized carbons (Fsp3) is 0.417. The van der Waals surface area contributed by atoms with Crippen LogP contribution in [0.5, 0.6) is 0 Å². The lowest BCUT2D eigenvalue weighted by Crippen LogP contribution is -2.23. The van der Waals surface area contributed by atoms with E-state index >= 15 is 0 Å². The van der Waals surface area contributed by atoms with E-state index < -0.39 is 5.97 Å². The van der Waals surface area contributed by atoms with Gasteiger partial charge in [-0.2, -0.15) is 0 Å². The van der Waals surface area contributed by atoms with Crippen molar-refractivity contribution in [3.8, 4) is 0 Å². The van der Waals surface area contributed by atoms with E-state index in [1.54, 1.807) is 0 Å². The van der Waals surface area contributed by atoms with Gasteiger partial charge in [-0.05, 0) is 36.6 Å². The van der Waals surface area contributed by atoms with Gasteiger partial charge in [0, 0.05) is 11.6 Å². The van der Waals surface area contributed by atoms with Gasteiger partial charge in [-0.3, -0.25) is 4.79 Å². The number of halogens is 1.